The third kappa shape index (κ3) is 2.24. The van der Waals surface area contributed by atoms with Crippen molar-refractivity contribution in [2.24, 2.45) is 0 Å². The zero-order valence-electron chi connectivity index (χ0n) is 12.0. The van der Waals surface area contributed by atoms with E-state index in [-0.39, 0.29) is 0 Å². The molecule has 0 aliphatic carbocycles. The maximum absolute atomic E-state index is 6.19. The van der Waals surface area contributed by atoms with Crippen LogP contribution < -0.4 is 10.2 Å². The Hall–Kier alpha value is -2.05. The van der Waals surface area contributed by atoms with Crippen LogP contribution in [0, 0.1) is 0 Å². The summed E-state index contributed by atoms with van der Waals surface area (Å²) in [4.78, 5) is 10.9. The molecule has 0 unspecified atom stereocenters. The minimum absolute atomic E-state index is 0.322. The van der Waals surface area contributed by atoms with Gasteiger partial charge in [0.05, 0.1) is 11.8 Å². The molecule has 114 valence electrons. The molecule has 1 atom stereocenters. The summed E-state index contributed by atoms with van der Waals surface area (Å²) in [6.45, 7) is 4.82. The lowest BCUT2D eigenvalue weighted by molar-refractivity contribution is 0.456. The maximum Gasteiger partial charge on any atom is 0.298 e. The lowest BCUT2D eigenvalue weighted by atomic mass is 10.2. The first-order valence-corrected chi connectivity index (χ1v) is 7.57. The topological polar surface area (TPSA) is 67.3 Å². The van der Waals surface area contributed by atoms with Crippen molar-refractivity contribution in [2.45, 2.75) is 13.0 Å². The molecule has 22 heavy (non-hydrogen) atoms. The zero-order chi connectivity index (χ0) is 15.1. The van der Waals surface area contributed by atoms with E-state index in [1.165, 1.54) is 6.26 Å². The molecule has 1 aromatic carbocycles. The second-order valence-electron chi connectivity index (χ2n) is 5.38. The Kier molecular flexibility index (Phi) is 3.28. The van der Waals surface area contributed by atoms with Crippen molar-refractivity contribution < 1.29 is 8.83 Å². The van der Waals surface area contributed by atoms with Gasteiger partial charge in [-0.25, -0.2) is 4.98 Å². The number of hydrogen-bond donors (Lipinski definition) is 1. The molecule has 3 aromatic rings. The van der Waals surface area contributed by atoms with Crippen LogP contribution in [0.2, 0.25) is 5.02 Å². The monoisotopic (exact) mass is 318 g/mol. The molecule has 1 fully saturated rings. The van der Waals surface area contributed by atoms with E-state index >= 15 is 0 Å². The number of nitrogens with one attached hydrogen (secondary N) is 1. The highest BCUT2D eigenvalue weighted by Crippen LogP contribution is 2.34. The second kappa shape index (κ2) is 5.30. The van der Waals surface area contributed by atoms with E-state index in [0.29, 0.717) is 39.6 Å². The summed E-state index contributed by atoms with van der Waals surface area (Å²) in [6.07, 6.45) is 3.12. The predicted molar refractivity (Wildman–Crippen MR) is 84.2 cm³/mol. The van der Waals surface area contributed by atoms with Gasteiger partial charge >= 0.3 is 0 Å². The lowest BCUT2D eigenvalue weighted by Crippen LogP contribution is -2.50. The van der Waals surface area contributed by atoms with Crippen molar-refractivity contribution in [1.82, 2.24) is 15.3 Å². The molecule has 7 heteroatoms. The molecule has 3 heterocycles. The summed E-state index contributed by atoms with van der Waals surface area (Å²) in [5, 5.41) is 3.93. The average molecular weight is 319 g/mol. The van der Waals surface area contributed by atoms with E-state index in [9.17, 15) is 0 Å². The summed E-state index contributed by atoms with van der Waals surface area (Å²) in [5.74, 6) is 0.476. The van der Waals surface area contributed by atoms with Crippen molar-refractivity contribution in [3.05, 3.63) is 29.6 Å². The molecule has 1 N–H and O–H groups in total. The van der Waals surface area contributed by atoms with Crippen LogP contribution in [0.15, 0.2) is 33.4 Å². The molecule has 1 saturated heterocycles. The quantitative estimate of drug-likeness (QED) is 0.783. The van der Waals surface area contributed by atoms with Gasteiger partial charge in [0.15, 0.2) is 5.58 Å². The minimum Gasteiger partial charge on any atom is -0.444 e. The van der Waals surface area contributed by atoms with Gasteiger partial charge in [0.25, 0.3) is 6.01 Å². The van der Waals surface area contributed by atoms with Gasteiger partial charge in [-0.05, 0) is 19.1 Å². The van der Waals surface area contributed by atoms with Crippen LogP contribution in [0.25, 0.3) is 22.6 Å². The van der Waals surface area contributed by atoms with E-state index in [0.717, 1.165) is 19.6 Å². The fraction of sp³-hybridized carbons (Fsp3) is 0.333. The van der Waals surface area contributed by atoms with Crippen LogP contribution in [0.4, 0.5) is 6.01 Å². The van der Waals surface area contributed by atoms with Crippen molar-refractivity contribution >= 4 is 28.7 Å². The van der Waals surface area contributed by atoms with Gasteiger partial charge in [-0.1, -0.05) is 11.6 Å². The maximum atomic E-state index is 6.19. The van der Waals surface area contributed by atoms with Gasteiger partial charge in [-0.3, -0.25) is 0 Å². The van der Waals surface area contributed by atoms with Crippen LogP contribution in [-0.2, 0) is 0 Å². The van der Waals surface area contributed by atoms with Crippen molar-refractivity contribution in [3.63, 3.8) is 0 Å². The van der Waals surface area contributed by atoms with Crippen LogP contribution in [0.1, 0.15) is 6.92 Å². The molecule has 1 aliphatic rings. The molecule has 4 rings (SSSR count). The van der Waals surface area contributed by atoms with E-state index < -0.39 is 0 Å². The van der Waals surface area contributed by atoms with E-state index in [4.69, 9.17) is 20.4 Å². The fourth-order valence-electron chi connectivity index (χ4n) is 2.75. The average Bonchev–Trinajstić information content (AvgIpc) is 3.15. The Labute approximate surface area is 132 Å². The van der Waals surface area contributed by atoms with Crippen LogP contribution in [0.5, 0.6) is 0 Å². The van der Waals surface area contributed by atoms with Gasteiger partial charge < -0.3 is 19.1 Å². The molecule has 0 spiro atoms. The Morgan fingerprint density at radius 2 is 2.32 bits per heavy atom. The summed E-state index contributed by atoms with van der Waals surface area (Å²) in [7, 11) is 0. The van der Waals surface area contributed by atoms with Crippen LogP contribution in [-0.4, -0.2) is 35.6 Å². The smallest absolute Gasteiger partial charge is 0.298 e. The molecule has 2 aromatic heterocycles. The number of piperazine rings is 1. The van der Waals surface area contributed by atoms with Crippen molar-refractivity contribution in [3.8, 4) is 11.5 Å². The molecule has 0 radical (unpaired) electrons. The lowest BCUT2D eigenvalue weighted by Gasteiger charge is -2.32. The summed E-state index contributed by atoms with van der Waals surface area (Å²) in [5.41, 5.74) is 2.07. The Morgan fingerprint density at radius 1 is 1.41 bits per heavy atom. The number of halogens is 1. The normalized spacial score (nSPS) is 19.0. The van der Waals surface area contributed by atoms with Gasteiger partial charge in [-0.15, -0.1) is 0 Å². The Balaban J connectivity index is 1.85. The number of rotatable bonds is 2. The fourth-order valence-corrected chi connectivity index (χ4v) is 2.96. The number of anilines is 1. The molecule has 0 saturated carbocycles. The number of oxazole rings is 2. The van der Waals surface area contributed by atoms with E-state index in [1.807, 2.05) is 0 Å². The summed E-state index contributed by atoms with van der Waals surface area (Å²) >= 11 is 6.19. The number of benzene rings is 1. The molecule has 0 amide bonds. The van der Waals surface area contributed by atoms with Crippen molar-refractivity contribution in [2.75, 3.05) is 24.5 Å². The minimum atomic E-state index is 0.322. The SMILES string of the molecule is C[C@H]1CNCCN1c1nc2cc(Cl)cc(-c3ncco3)c2o1. The molecule has 6 nitrogen and oxygen atoms in total. The molecular weight excluding hydrogens is 304 g/mol. The highest BCUT2D eigenvalue weighted by molar-refractivity contribution is 6.31. The van der Waals surface area contributed by atoms with E-state index in [2.05, 4.69) is 27.1 Å². The molecular formula is C15H15ClN4O2. The van der Waals surface area contributed by atoms with Gasteiger partial charge in [0.1, 0.15) is 11.8 Å². The predicted octanol–water partition coefficient (Wildman–Crippen LogP) is 2.93. The summed E-state index contributed by atoms with van der Waals surface area (Å²) in [6, 6.07) is 4.51. The molecule has 1 aliphatic heterocycles. The Bertz CT molecular complexity index is 799. The first-order chi connectivity index (χ1) is 10.7. The Morgan fingerprint density at radius 3 is 3.09 bits per heavy atom. The third-order valence-electron chi connectivity index (χ3n) is 3.85. The van der Waals surface area contributed by atoms with Gasteiger partial charge in [0.2, 0.25) is 5.89 Å². The molecule has 0 bridgehead atoms. The van der Waals surface area contributed by atoms with E-state index in [1.54, 1.807) is 18.3 Å². The second-order valence-corrected chi connectivity index (χ2v) is 5.82. The number of hydrogen-bond acceptors (Lipinski definition) is 6. The highest BCUT2D eigenvalue weighted by Gasteiger charge is 2.24. The van der Waals surface area contributed by atoms with Gasteiger partial charge in [-0.2, -0.15) is 4.98 Å². The van der Waals surface area contributed by atoms with Gasteiger partial charge in [0, 0.05) is 30.7 Å². The highest BCUT2D eigenvalue weighted by atomic mass is 35.5. The first kappa shape index (κ1) is 13.6. The number of nitrogens with zero attached hydrogens (tertiary/aromatic N) is 3. The zero-order valence-corrected chi connectivity index (χ0v) is 12.8. The number of aromatic nitrogens is 2. The number of fused-ring (bicyclic) bond motifs is 1. The third-order valence-corrected chi connectivity index (χ3v) is 4.07. The standard InChI is InChI=1S/C15H15ClN4O2/c1-9-8-17-2-4-20(9)15-19-12-7-10(16)6-11(13(12)22-15)14-18-3-5-21-14/h3,5-7,9,17H,2,4,8H2,1H3/t9-/m0/s1. The summed E-state index contributed by atoms with van der Waals surface area (Å²) < 4.78 is 11.4. The first-order valence-electron chi connectivity index (χ1n) is 7.19. The van der Waals surface area contributed by atoms with Crippen LogP contribution >= 0.6 is 11.6 Å². The largest absolute Gasteiger partial charge is 0.444 e. The van der Waals surface area contributed by atoms with Crippen LogP contribution in [0.3, 0.4) is 0 Å². The van der Waals surface area contributed by atoms with Crippen molar-refractivity contribution in [1.29, 1.82) is 0 Å².